The van der Waals surface area contributed by atoms with Crippen molar-refractivity contribution in [1.82, 2.24) is 0 Å². The highest BCUT2D eigenvalue weighted by Gasteiger charge is 2.19. The minimum atomic E-state index is -0.436. The number of nitrogens with zero attached hydrogens (tertiary/aromatic N) is 1. The number of unbranched alkanes of at least 4 members (excludes halogenated alkanes) is 1. The largest absolute Gasteiger partial charge is 0.366 e. The number of rotatable bonds is 9. The summed E-state index contributed by atoms with van der Waals surface area (Å²) in [6, 6.07) is 8.51. The third-order valence-electron chi connectivity index (χ3n) is 4.94. The quantitative estimate of drug-likeness (QED) is 0.531. The molecule has 3 N–H and O–H groups in total. The molecule has 0 spiro atoms. The van der Waals surface area contributed by atoms with Gasteiger partial charge in [-0.2, -0.15) is 0 Å². The Morgan fingerprint density at radius 2 is 2.04 bits per heavy atom. The monoisotopic (exact) mass is 377 g/mol. The van der Waals surface area contributed by atoms with Gasteiger partial charge in [-0.3, -0.25) is 9.79 Å². The molecule has 0 aliphatic heterocycles. The van der Waals surface area contributed by atoms with E-state index in [0.29, 0.717) is 5.56 Å². The lowest BCUT2D eigenvalue weighted by Crippen LogP contribution is -2.16. The number of primary amides is 1. The van der Waals surface area contributed by atoms with Crippen LogP contribution in [0.4, 0.5) is 11.4 Å². The Balaban J connectivity index is 2.71. The average Bonchev–Trinajstić information content (AvgIpc) is 2.66. The van der Waals surface area contributed by atoms with Crippen molar-refractivity contribution >= 4 is 23.5 Å². The standard InChI is InChI=1S/C24H31N3O/c1-6-10-11-17-12-13-18(15-21(17)26-8-3)20-14-16(5)22(24(25)28)23(27-9-4)19(20)7-2/h8-9,12-15,27H,4,6-7,10-11H2,1-3,5H3,(H2,25,28). The van der Waals surface area contributed by atoms with E-state index >= 15 is 0 Å². The van der Waals surface area contributed by atoms with E-state index in [4.69, 9.17) is 5.73 Å². The molecule has 0 saturated carbocycles. The lowest BCUT2D eigenvalue weighted by Gasteiger charge is -2.20. The lowest BCUT2D eigenvalue weighted by atomic mass is 9.89. The van der Waals surface area contributed by atoms with Gasteiger partial charge in [-0.15, -0.1) is 0 Å². The predicted octanol–water partition coefficient (Wildman–Crippen LogP) is 5.94. The molecule has 0 atom stereocenters. The fraction of sp³-hybridized carbons (Fsp3) is 0.333. The molecule has 4 heteroatoms. The summed E-state index contributed by atoms with van der Waals surface area (Å²) < 4.78 is 0. The van der Waals surface area contributed by atoms with Crippen LogP contribution < -0.4 is 11.1 Å². The van der Waals surface area contributed by atoms with Gasteiger partial charge >= 0.3 is 0 Å². The van der Waals surface area contributed by atoms with Gasteiger partial charge in [0.2, 0.25) is 0 Å². The van der Waals surface area contributed by atoms with Crippen molar-refractivity contribution in [3.8, 4) is 11.1 Å². The van der Waals surface area contributed by atoms with Crippen molar-refractivity contribution in [2.24, 2.45) is 10.7 Å². The van der Waals surface area contributed by atoms with Crippen molar-refractivity contribution in [3.63, 3.8) is 0 Å². The molecule has 0 aliphatic carbocycles. The van der Waals surface area contributed by atoms with Crippen LogP contribution in [0, 0.1) is 6.92 Å². The van der Waals surface area contributed by atoms with Crippen molar-refractivity contribution in [1.29, 1.82) is 0 Å². The van der Waals surface area contributed by atoms with E-state index in [2.05, 4.69) is 48.9 Å². The number of carbonyl (C=O) groups is 1. The lowest BCUT2D eigenvalue weighted by molar-refractivity contribution is 0.100. The maximum Gasteiger partial charge on any atom is 0.251 e. The molecule has 0 radical (unpaired) electrons. The summed E-state index contributed by atoms with van der Waals surface area (Å²) in [4.78, 5) is 16.6. The summed E-state index contributed by atoms with van der Waals surface area (Å²) >= 11 is 0. The second-order valence-electron chi connectivity index (χ2n) is 6.87. The van der Waals surface area contributed by atoms with Gasteiger partial charge in [0.15, 0.2) is 0 Å². The first kappa shape index (κ1) is 21.4. The van der Waals surface area contributed by atoms with Gasteiger partial charge in [0.25, 0.3) is 5.91 Å². The van der Waals surface area contributed by atoms with Gasteiger partial charge in [0.05, 0.1) is 16.9 Å². The van der Waals surface area contributed by atoms with Gasteiger partial charge in [0, 0.05) is 6.21 Å². The Hall–Kier alpha value is -2.88. The summed E-state index contributed by atoms with van der Waals surface area (Å²) in [5.41, 5.74) is 13.3. The molecule has 2 rings (SSSR count). The van der Waals surface area contributed by atoms with Gasteiger partial charge in [0.1, 0.15) is 0 Å². The Kier molecular flexibility index (Phi) is 7.56. The zero-order valence-electron chi connectivity index (χ0n) is 17.4. The van der Waals surface area contributed by atoms with Gasteiger partial charge in [-0.25, -0.2) is 0 Å². The number of anilines is 1. The molecule has 2 aromatic rings. The number of amides is 1. The summed E-state index contributed by atoms with van der Waals surface area (Å²) in [5, 5.41) is 3.14. The highest BCUT2D eigenvalue weighted by molar-refractivity contribution is 6.02. The van der Waals surface area contributed by atoms with Crippen molar-refractivity contribution in [3.05, 3.63) is 59.3 Å². The molecule has 0 aliphatic rings. The number of aliphatic imine (C=N–C) groups is 1. The van der Waals surface area contributed by atoms with Crippen molar-refractivity contribution < 1.29 is 4.79 Å². The molecule has 0 heterocycles. The summed E-state index contributed by atoms with van der Waals surface area (Å²) in [6.45, 7) is 11.9. The highest BCUT2D eigenvalue weighted by atomic mass is 16.1. The van der Waals surface area contributed by atoms with Crippen LogP contribution >= 0.6 is 0 Å². The number of aryl methyl sites for hydroxylation is 2. The van der Waals surface area contributed by atoms with Crippen LogP contribution in [0.15, 0.2) is 42.0 Å². The molecule has 28 heavy (non-hydrogen) atoms. The molecule has 4 nitrogen and oxygen atoms in total. The van der Waals surface area contributed by atoms with E-state index in [1.807, 2.05) is 26.1 Å². The minimum absolute atomic E-state index is 0.436. The Bertz CT molecular complexity index is 897. The van der Waals surface area contributed by atoms with Crippen molar-refractivity contribution in [2.75, 3.05) is 5.32 Å². The van der Waals surface area contributed by atoms with Crippen LogP contribution in [-0.4, -0.2) is 12.1 Å². The number of hydrogen-bond donors (Lipinski definition) is 2. The molecule has 2 aromatic carbocycles. The van der Waals surface area contributed by atoms with E-state index in [-0.39, 0.29) is 0 Å². The molecule has 0 saturated heterocycles. The van der Waals surface area contributed by atoms with E-state index in [1.54, 1.807) is 6.20 Å². The Labute approximate surface area is 168 Å². The van der Waals surface area contributed by atoms with Crippen LogP contribution in [0.1, 0.15) is 60.7 Å². The maximum absolute atomic E-state index is 12.0. The van der Waals surface area contributed by atoms with Crippen LogP contribution in [0.3, 0.4) is 0 Å². The number of hydrogen-bond acceptors (Lipinski definition) is 3. The van der Waals surface area contributed by atoms with Crippen molar-refractivity contribution in [2.45, 2.75) is 53.4 Å². The topological polar surface area (TPSA) is 67.5 Å². The minimum Gasteiger partial charge on any atom is -0.366 e. The average molecular weight is 378 g/mol. The smallest absolute Gasteiger partial charge is 0.251 e. The molecule has 0 unspecified atom stereocenters. The molecule has 0 fully saturated rings. The van der Waals surface area contributed by atoms with E-state index in [0.717, 1.165) is 59.3 Å². The zero-order chi connectivity index (χ0) is 20.7. The van der Waals surface area contributed by atoms with Crippen LogP contribution in [0.2, 0.25) is 0 Å². The molecule has 1 amide bonds. The van der Waals surface area contributed by atoms with E-state index in [9.17, 15) is 4.79 Å². The molecular weight excluding hydrogens is 346 g/mol. The summed E-state index contributed by atoms with van der Waals surface area (Å²) in [5.74, 6) is -0.436. The normalized spacial score (nSPS) is 11.0. The number of benzene rings is 2. The number of nitrogens with two attached hydrogens (primary N) is 1. The molecular formula is C24H31N3O. The molecule has 0 bridgehead atoms. The van der Waals surface area contributed by atoms with Crippen LogP contribution in [0.25, 0.3) is 11.1 Å². The number of carbonyl (C=O) groups excluding carboxylic acids is 1. The van der Waals surface area contributed by atoms with Crippen LogP contribution in [-0.2, 0) is 12.8 Å². The Morgan fingerprint density at radius 3 is 2.61 bits per heavy atom. The third-order valence-corrected chi connectivity index (χ3v) is 4.94. The second kappa shape index (κ2) is 9.88. The van der Waals surface area contributed by atoms with Gasteiger partial charge in [-0.1, -0.05) is 45.0 Å². The molecule has 148 valence electrons. The Morgan fingerprint density at radius 1 is 1.29 bits per heavy atom. The third kappa shape index (κ3) is 4.50. The maximum atomic E-state index is 12.0. The fourth-order valence-corrected chi connectivity index (χ4v) is 3.63. The van der Waals surface area contributed by atoms with Gasteiger partial charge < -0.3 is 11.1 Å². The summed E-state index contributed by atoms with van der Waals surface area (Å²) in [7, 11) is 0. The highest BCUT2D eigenvalue weighted by Crippen LogP contribution is 2.37. The summed E-state index contributed by atoms with van der Waals surface area (Å²) in [6.07, 6.45) is 7.50. The fourth-order valence-electron chi connectivity index (χ4n) is 3.63. The van der Waals surface area contributed by atoms with E-state index < -0.39 is 5.91 Å². The first-order valence-electron chi connectivity index (χ1n) is 9.94. The van der Waals surface area contributed by atoms with Crippen LogP contribution in [0.5, 0.6) is 0 Å². The number of nitrogens with one attached hydrogen (secondary N) is 1. The first-order chi connectivity index (χ1) is 13.5. The molecule has 0 aromatic heterocycles. The first-order valence-corrected chi connectivity index (χ1v) is 9.94. The predicted molar refractivity (Wildman–Crippen MR) is 121 cm³/mol. The SMILES string of the molecule is C=CNc1c(CC)c(-c2ccc(CCCC)c(N=CC)c2)cc(C)c1C(N)=O. The second-order valence-corrected chi connectivity index (χ2v) is 6.87. The van der Waals surface area contributed by atoms with Gasteiger partial charge in [-0.05, 0) is 73.2 Å². The zero-order valence-corrected chi connectivity index (χ0v) is 17.4. The van der Waals surface area contributed by atoms with E-state index in [1.165, 1.54) is 5.56 Å².